The first-order chi connectivity index (χ1) is 12.0. The van der Waals surface area contributed by atoms with Gasteiger partial charge in [0, 0.05) is 17.4 Å². The van der Waals surface area contributed by atoms with E-state index in [4.69, 9.17) is 16.2 Å². The quantitative estimate of drug-likeness (QED) is 0.635. The van der Waals surface area contributed by atoms with Crippen LogP contribution >= 0.6 is 0 Å². The van der Waals surface area contributed by atoms with Gasteiger partial charge in [0.25, 0.3) is 0 Å². The van der Waals surface area contributed by atoms with Crippen LogP contribution in [-0.2, 0) is 6.61 Å². The molecule has 3 aromatic rings. The van der Waals surface area contributed by atoms with Crippen molar-refractivity contribution in [2.45, 2.75) is 20.5 Å². The fourth-order valence-corrected chi connectivity index (χ4v) is 2.17. The van der Waals surface area contributed by atoms with E-state index in [9.17, 15) is 0 Å². The first-order valence-corrected chi connectivity index (χ1v) is 7.56. The number of anilines is 4. The van der Waals surface area contributed by atoms with E-state index < -0.39 is 0 Å². The van der Waals surface area contributed by atoms with Crippen LogP contribution in [0.3, 0.4) is 0 Å². The van der Waals surface area contributed by atoms with Crippen LogP contribution in [0.4, 0.5) is 23.5 Å². The highest BCUT2D eigenvalue weighted by Gasteiger charge is 2.08. The number of aromatic nitrogens is 5. The molecule has 2 aromatic heterocycles. The number of nitrogen functional groups attached to an aromatic ring is 2. The molecule has 9 nitrogen and oxygen atoms in total. The molecule has 1 aromatic carbocycles. The van der Waals surface area contributed by atoms with E-state index in [2.05, 4.69) is 30.2 Å². The zero-order chi connectivity index (χ0) is 17.8. The second kappa shape index (κ2) is 6.95. The van der Waals surface area contributed by atoms with Crippen LogP contribution in [0.2, 0.25) is 0 Å². The highest BCUT2D eigenvalue weighted by molar-refractivity contribution is 5.58. The summed E-state index contributed by atoms with van der Waals surface area (Å²) >= 11 is 0. The van der Waals surface area contributed by atoms with E-state index in [1.54, 1.807) is 13.0 Å². The maximum atomic E-state index is 5.76. The number of nitrogens with zero attached hydrogens (tertiary/aromatic N) is 5. The third kappa shape index (κ3) is 4.28. The van der Waals surface area contributed by atoms with E-state index in [1.165, 1.54) is 0 Å². The Morgan fingerprint density at radius 1 is 0.960 bits per heavy atom. The van der Waals surface area contributed by atoms with Gasteiger partial charge < -0.3 is 21.5 Å². The van der Waals surface area contributed by atoms with Gasteiger partial charge in [-0.15, -0.1) is 0 Å². The molecular formula is C16H18N8O. The molecule has 5 N–H and O–H groups in total. The Bertz CT molecular complexity index is 879. The largest absolute Gasteiger partial charge is 0.469 e. The minimum atomic E-state index is 0.0745. The molecule has 0 aliphatic carbocycles. The first-order valence-electron chi connectivity index (χ1n) is 7.56. The van der Waals surface area contributed by atoms with Gasteiger partial charge >= 0.3 is 0 Å². The second-order valence-corrected chi connectivity index (χ2v) is 5.37. The topological polar surface area (TPSA) is 138 Å². The van der Waals surface area contributed by atoms with Crippen molar-refractivity contribution in [1.29, 1.82) is 0 Å². The molecule has 0 spiro atoms. The SMILES string of the molecule is Cc1cc(OCc2nc(N)nc(Nc3ccccc3C)n2)nc(N)n1. The number of benzene rings is 1. The van der Waals surface area contributed by atoms with Crippen molar-refractivity contribution in [3.63, 3.8) is 0 Å². The summed E-state index contributed by atoms with van der Waals surface area (Å²) in [5, 5.41) is 3.13. The number of nitrogens with two attached hydrogens (primary N) is 2. The molecule has 9 heteroatoms. The minimum Gasteiger partial charge on any atom is -0.469 e. The predicted octanol–water partition coefficient (Wildman–Crippen LogP) is 1.77. The minimum absolute atomic E-state index is 0.0745. The van der Waals surface area contributed by atoms with Crippen molar-refractivity contribution in [3.05, 3.63) is 47.4 Å². The monoisotopic (exact) mass is 338 g/mol. The molecule has 0 aliphatic rings. The van der Waals surface area contributed by atoms with Crippen molar-refractivity contribution in [3.8, 4) is 5.88 Å². The molecule has 0 unspecified atom stereocenters. The summed E-state index contributed by atoms with van der Waals surface area (Å²) in [6.07, 6.45) is 0. The fourth-order valence-electron chi connectivity index (χ4n) is 2.17. The molecule has 2 heterocycles. The van der Waals surface area contributed by atoms with E-state index in [-0.39, 0.29) is 18.5 Å². The first kappa shape index (κ1) is 16.4. The van der Waals surface area contributed by atoms with Gasteiger partial charge in [0.05, 0.1) is 0 Å². The zero-order valence-electron chi connectivity index (χ0n) is 13.9. The number of para-hydroxylation sites is 1. The Labute approximate surface area is 144 Å². The number of aryl methyl sites for hydroxylation is 2. The van der Waals surface area contributed by atoms with Gasteiger partial charge in [-0.05, 0) is 25.5 Å². The average Bonchev–Trinajstić information content (AvgIpc) is 2.54. The maximum absolute atomic E-state index is 5.76. The normalized spacial score (nSPS) is 10.5. The lowest BCUT2D eigenvalue weighted by molar-refractivity contribution is 0.284. The second-order valence-electron chi connectivity index (χ2n) is 5.37. The van der Waals surface area contributed by atoms with Crippen LogP contribution < -0.4 is 21.5 Å². The highest BCUT2D eigenvalue weighted by atomic mass is 16.5. The van der Waals surface area contributed by atoms with Crippen molar-refractivity contribution in [2.24, 2.45) is 0 Å². The lowest BCUT2D eigenvalue weighted by Crippen LogP contribution is -2.10. The Morgan fingerprint density at radius 2 is 1.72 bits per heavy atom. The molecule has 25 heavy (non-hydrogen) atoms. The molecule has 0 radical (unpaired) electrons. The summed E-state index contributed by atoms with van der Waals surface area (Å²) in [6.45, 7) is 3.86. The van der Waals surface area contributed by atoms with Crippen LogP contribution in [0, 0.1) is 13.8 Å². The van der Waals surface area contributed by atoms with E-state index >= 15 is 0 Å². The van der Waals surface area contributed by atoms with Crippen LogP contribution in [-0.4, -0.2) is 24.9 Å². The van der Waals surface area contributed by atoms with Crippen LogP contribution in [0.5, 0.6) is 5.88 Å². The highest BCUT2D eigenvalue weighted by Crippen LogP contribution is 2.18. The maximum Gasteiger partial charge on any atom is 0.232 e. The lowest BCUT2D eigenvalue weighted by Gasteiger charge is -2.10. The van der Waals surface area contributed by atoms with Gasteiger partial charge in [0.2, 0.25) is 23.7 Å². The average molecular weight is 338 g/mol. The van der Waals surface area contributed by atoms with Crippen molar-refractivity contribution >= 4 is 23.5 Å². The smallest absolute Gasteiger partial charge is 0.232 e. The van der Waals surface area contributed by atoms with Crippen molar-refractivity contribution in [1.82, 2.24) is 24.9 Å². The van der Waals surface area contributed by atoms with Gasteiger partial charge in [-0.3, -0.25) is 0 Å². The van der Waals surface area contributed by atoms with E-state index in [0.717, 1.165) is 11.3 Å². The molecule has 0 aliphatic heterocycles. The summed E-state index contributed by atoms with van der Waals surface area (Å²) in [4.78, 5) is 20.5. The molecule has 128 valence electrons. The Balaban J connectivity index is 1.76. The number of hydrogen-bond acceptors (Lipinski definition) is 9. The molecule has 0 fully saturated rings. The summed E-state index contributed by atoms with van der Waals surface area (Å²) in [6, 6.07) is 9.47. The molecule has 0 amide bonds. The van der Waals surface area contributed by atoms with Gasteiger partial charge in [-0.25, -0.2) is 4.98 Å². The van der Waals surface area contributed by atoms with Crippen molar-refractivity contribution in [2.75, 3.05) is 16.8 Å². The predicted molar refractivity (Wildman–Crippen MR) is 94.2 cm³/mol. The van der Waals surface area contributed by atoms with Gasteiger partial charge in [0.1, 0.15) is 6.61 Å². The summed E-state index contributed by atoms with van der Waals surface area (Å²) in [5.74, 6) is 1.31. The molecule has 0 saturated heterocycles. The molecule has 0 atom stereocenters. The number of ether oxygens (including phenoxy) is 1. The van der Waals surface area contributed by atoms with Crippen LogP contribution in [0.15, 0.2) is 30.3 Å². The molecule has 0 saturated carbocycles. The van der Waals surface area contributed by atoms with Gasteiger partial charge in [-0.2, -0.15) is 19.9 Å². The van der Waals surface area contributed by atoms with Gasteiger partial charge in [0.15, 0.2) is 5.82 Å². The van der Waals surface area contributed by atoms with E-state index in [0.29, 0.717) is 23.3 Å². The summed E-state index contributed by atoms with van der Waals surface area (Å²) < 4.78 is 5.57. The third-order valence-corrected chi connectivity index (χ3v) is 3.29. The standard InChI is InChI=1S/C16H18N8O/c1-9-5-3-4-6-11(9)20-16-22-12(21-15(18)24-16)8-25-13-7-10(2)19-14(17)23-13/h3-7H,8H2,1-2H3,(H2,17,19,23)(H3,18,20,21,22,24). The number of hydrogen-bond donors (Lipinski definition) is 3. The molecule has 0 bridgehead atoms. The lowest BCUT2D eigenvalue weighted by atomic mass is 10.2. The third-order valence-electron chi connectivity index (χ3n) is 3.29. The van der Waals surface area contributed by atoms with Gasteiger partial charge in [-0.1, -0.05) is 18.2 Å². The Morgan fingerprint density at radius 3 is 2.48 bits per heavy atom. The fraction of sp³-hybridized carbons (Fsp3) is 0.188. The molecular weight excluding hydrogens is 320 g/mol. The van der Waals surface area contributed by atoms with Crippen LogP contribution in [0.25, 0.3) is 0 Å². The summed E-state index contributed by atoms with van der Waals surface area (Å²) in [5.41, 5.74) is 14.0. The summed E-state index contributed by atoms with van der Waals surface area (Å²) in [7, 11) is 0. The Hall–Kier alpha value is -3.49. The zero-order valence-corrected chi connectivity index (χ0v) is 13.9. The van der Waals surface area contributed by atoms with Crippen molar-refractivity contribution < 1.29 is 4.74 Å². The number of rotatable bonds is 5. The molecule has 3 rings (SSSR count). The van der Waals surface area contributed by atoms with Crippen LogP contribution in [0.1, 0.15) is 17.1 Å². The number of nitrogens with one attached hydrogen (secondary N) is 1. The van der Waals surface area contributed by atoms with E-state index in [1.807, 2.05) is 31.2 Å². The Kier molecular flexibility index (Phi) is 4.55.